The minimum atomic E-state index is -0.163. The highest BCUT2D eigenvalue weighted by Crippen LogP contribution is 2.32. The SMILES string of the molecule is Cc1nc(C)c(NC(=O)N2C[C@@H](NC(=O)C3CC3)[C@H](c3nccn3C)C2)s1. The summed E-state index contributed by atoms with van der Waals surface area (Å²) in [6.45, 7) is 4.80. The second-order valence-corrected chi connectivity index (χ2v) is 8.58. The summed E-state index contributed by atoms with van der Waals surface area (Å²) >= 11 is 1.47. The first-order valence-corrected chi connectivity index (χ1v) is 10.0. The van der Waals surface area contributed by atoms with E-state index in [9.17, 15) is 9.59 Å². The quantitative estimate of drug-likeness (QED) is 0.838. The summed E-state index contributed by atoms with van der Waals surface area (Å²) in [6, 6.07) is -0.293. The molecule has 2 aromatic heterocycles. The van der Waals surface area contributed by atoms with E-state index in [1.54, 1.807) is 11.1 Å². The number of hydrogen-bond donors (Lipinski definition) is 2. The van der Waals surface area contributed by atoms with Crippen LogP contribution in [0.15, 0.2) is 12.4 Å². The zero-order valence-corrected chi connectivity index (χ0v) is 16.5. The molecule has 144 valence electrons. The van der Waals surface area contributed by atoms with Crippen molar-refractivity contribution in [3.63, 3.8) is 0 Å². The van der Waals surface area contributed by atoms with Crippen molar-refractivity contribution in [1.29, 1.82) is 0 Å². The summed E-state index contributed by atoms with van der Waals surface area (Å²) in [7, 11) is 1.94. The highest BCUT2D eigenvalue weighted by atomic mass is 32.1. The number of carbonyl (C=O) groups is 2. The van der Waals surface area contributed by atoms with Crippen molar-refractivity contribution >= 4 is 28.3 Å². The van der Waals surface area contributed by atoms with Gasteiger partial charge in [-0.25, -0.2) is 14.8 Å². The Balaban J connectivity index is 1.50. The highest BCUT2D eigenvalue weighted by molar-refractivity contribution is 7.16. The van der Waals surface area contributed by atoms with Crippen molar-refractivity contribution in [2.75, 3.05) is 18.4 Å². The van der Waals surface area contributed by atoms with Gasteiger partial charge >= 0.3 is 6.03 Å². The van der Waals surface area contributed by atoms with Gasteiger partial charge in [0.1, 0.15) is 10.8 Å². The molecule has 2 aliphatic rings. The molecule has 4 rings (SSSR count). The predicted molar refractivity (Wildman–Crippen MR) is 103 cm³/mol. The molecule has 0 spiro atoms. The van der Waals surface area contributed by atoms with Crippen LogP contribution in [0.3, 0.4) is 0 Å². The van der Waals surface area contributed by atoms with E-state index in [0.717, 1.165) is 34.4 Å². The van der Waals surface area contributed by atoms with E-state index in [4.69, 9.17) is 0 Å². The molecule has 2 aromatic rings. The lowest BCUT2D eigenvalue weighted by Crippen LogP contribution is -2.42. The lowest BCUT2D eigenvalue weighted by molar-refractivity contribution is -0.123. The number of imidazole rings is 1. The van der Waals surface area contributed by atoms with Gasteiger partial charge in [0.15, 0.2) is 0 Å². The zero-order chi connectivity index (χ0) is 19.1. The van der Waals surface area contributed by atoms with E-state index in [-0.39, 0.29) is 29.8 Å². The molecule has 9 heteroatoms. The van der Waals surface area contributed by atoms with Crippen LogP contribution in [0, 0.1) is 19.8 Å². The van der Waals surface area contributed by atoms with Crippen LogP contribution in [0.2, 0.25) is 0 Å². The van der Waals surface area contributed by atoms with Gasteiger partial charge < -0.3 is 14.8 Å². The topological polar surface area (TPSA) is 92.2 Å². The molecule has 2 fully saturated rings. The van der Waals surface area contributed by atoms with Gasteiger partial charge in [-0.2, -0.15) is 0 Å². The van der Waals surface area contributed by atoms with Crippen molar-refractivity contribution in [3.05, 3.63) is 28.9 Å². The monoisotopic (exact) mass is 388 g/mol. The van der Waals surface area contributed by atoms with E-state index in [2.05, 4.69) is 20.6 Å². The molecule has 1 saturated carbocycles. The number of amides is 3. The van der Waals surface area contributed by atoms with Crippen LogP contribution in [-0.4, -0.2) is 50.5 Å². The number of nitrogens with zero attached hydrogens (tertiary/aromatic N) is 4. The fourth-order valence-electron chi connectivity index (χ4n) is 3.58. The van der Waals surface area contributed by atoms with Crippen molar-refractivity contribution in [3.8, 4) is 0 Å². The zero-order valence-electron chi connectivity index (χ0n) is 15.7. The summed E-state index contributed by atoms with van der Waals surface area (Å²) in [5.74, 6) is 1.09. The Morgan fingerprint density at radius 3 is 2.63 bits per heavy atom. The Labute approximate surface area is 162 Å². The van der Waals surface area contributed by atoms with Crippen molar-refractivity contribution in [2.45, 2.75) is 38.6 Å². The van der Waals surface area contributed by atoms with Crippen LogP contribution < -0.4 is 10.6 Å². The molecular weight excluding hydrogens is 364 g/mol. The third kappa shape index (κ3) is 3.69. The Morgan fingerprint density at radius 1 is 1.26 bits per heavy atom. The van der Waals surface area contributed by atoms with E-state index in [1.165, 1.54) is 11.3 Å². The minimum absolute atomic E-state index is 0.0252. The van der Waals surface area contributed by atoms with Gasteiger partial charge in [0.05, 0.1) is 22.7 Å². The van der Waals surface area contributed by atoms with E-state index >= 15 is 0 Å². The van der Waals surface area contributed by atoms with E-state index in [0.29, 0.717) is 13.1 Å². The molecule has 0 unspecified atom stereocenters. The van der Waals surface area contributed by atoms with Gasteiger partial charge in [0.2, 0.25) is 5.91 Å². The van der Waals surface area contributed by atoms with Crippen LogP contribution in [0.1, 0.15) is 35.3 Å². The molecule has 0 radical (unpaired) electrons. The van der Waals surface area contributed by atoms with Gasteiger partial charge in [-0.3, -0.25) is 10.1 Å². The standard InChI is InChI=1S/C18H24N6O2S/c1-10-17(27-11(2)20-10)22-18(26)24-8-13(15-19-6-7-23(15)3)14(9-24)21-16(25)12-4-5-12/h6-7,12-14H,4-5,8-9H2,1-3H3,(H,21,25)(H,22,26)/t13-,14-/m1/s1. The largest absolute Gasteiger partial charge is 0.351 e. The van der Waals surface area contributed by atoms with Gasteiger partial charge in [-0.1, -0.05) is 0 Å². The number of hydrogen-bond acceptors (Lipinski definition) is 5. The van der Waals surface area contributed by atoms with E-state index in [1.807, 2.05) is 31.7 Å². The lowest BCUT2D eigenvalue weighted by Gasteiger charge is -2.19. The lowest BCUT2D eigenvalue weighted by atomic mass is 10.0. The number of nitrogens with one attached hydrogen (secondary N) is 2. The summed E-state index contributed by atoms with van der Waals surface area (Å²) in [5.41, 5.74) is 0.823. The van der Waals surface area contributed by atoms with Crippen LogP contribution in [0.25, 0.3) is 0 Å². The molecule has 2 N–H and O–H groups in total. The molecule has 3 amide bonds. The molecule has 0 bridgehead atoms. The third-order valence-corrected chi connectivity index (χ3v) is 6.19. The average molecular weight is 388 g/mol. The second kappa shape index (κ2) is 6.95. The summed E-state index contributed by atoms with van der Waals surface area (Å²) in [4.78, 5) is 35.7. The van der Waals surface area contributed by atoms with Gasteiger partial charge in [-0.15, -0.1) is 11.3 Å². The number of aryl methyl sites for hydroxylation is 3. The normalized spacial score (nSPS) is 22.1. The first kappa shape index (κ1) is 18.0. The van der Waals surface area contributed by atoms with Gasteiger partial charge in [-0.05, 0) is 26.7 Å². The van der Waals surface area contributed by atoms with Crippen molar-refractivity contribution < 1.29 is 9.59 Å². The fraction of sp³-hybridized carbons (Fsp3) is 0.556. The molecule has 27 heavy (non-hydrogen) atoms. The molecule has 8 nitrogen and oxygen atoms in total. The molecule has 0 aromatic carbocycles. The summed E-state index contributed by atoms with van der Waals surface area (Å²) in [6.07, 6.45) is 5.56. The van der Waals surface area contributed by atoms with Crippen molar-refractivity contribution in [2.24, 2.45) is 13.0 Å². The molecular formula is C18H24N6O2S. The van der Waals surface area contributed by atoms with Crippen LogP contribution >= 0.6 is 11.3 Å². The first-order chi connectivity index (χ1) is 12.9. The maximum atomic E-state index is 12.8. The average Bonchev–Trinajstić information content (AvgIpc) is 3.15. The highest BCUT2D eigenvalue weighted by Gasteiger charge is 2.41. The Bertz CT molecular complexity index is 871. The minimum Gasteiger partial charge on any atom is -0.351 e. The molecule has 3 heterocycles. The number of likely N-dealkylation sites (tertiary alicyclic amines) is 1. The first-order valence-electron chi connectivity index (χ1n) is 9.20. The van der Waals surface area contributed by atoms with Gasteiger partial charge in [0, 0.05) is 38.4 Å². The number of aromatic nitrogens is 3. The number of thiazole rings is 1. The Morgan fingerprint density at radius 2 is 2.04 bits per heavy atom. The maximum Gasteiger partial charge on any atom is 0.322 e. The molecule has 2 atom stereocenters. The van der Waals surface area contributed by atoms with Crippen LogP contribution in [-0.2, 0) is 11.8 Å². The Hall–Kier alpha value is -2.42. The molecule has 1 aliphatic carbocycles. The predicted octanol–water partition coefficient (Wildman–Crippen LogP) is 2.02. The maximum absolute atomic E-state index is 12.8. The second-order valence-electron chi connectivity index (χ2n) is 7.37. The van der Waals surface area contributed by atoms with Crippen LogP contribution in [0.5, 0.6) is 0 Å². The van der Waals surface area contributed by atoms with E-state index < -0.39 is 0 Å². The fourth-order valence-corrected chi connectivity index (χ4v) is 4.39. The number of urea groups is 1. The summed E-state index contributed by atoms with van der Waals surface area (Å²) < 4.78 is 1.96. The third-order valence-electron chi connectivity index (χ3n) is 5.20. The number of anilines is 1. The Kier molecular flexibility index (Phi) is 4.63. The number of rotatable bonds is 4. The number of carbonyl (C=O) groups excluding carboxylic acids is 2. The van der Waals surface area contributed by atoms with Gasteiger partial charge in [0.25, 0.3) is 0 Å². The van der Waals surface area contributed by atoms with Crippen LogP contribution in [0.4, 0.5) is 9.80 Å². The molecule has 1 saturated heterocycles. The smallest absolute Gasteiger partial charge is 0.322 e. The van der Waals surface area contributed by atoms with Crippen molar-refractivity contribution in [1.82, 2.24) is 24.8 Å². The summed E-state index contributed by atoms with van der Waals surface area (Å²) in [5, 5.41) is 7.81. The molecule has 1 aliphatic heterocycles.